The molecule has 1 aliphatic carbocycles. The number of methoxy groups -OCH3 is 2. The van der Waals surface area contributed by atoms with Crippen LogP contribution < -0.4 is 0 Å². The number of carbonyl (C=O) groups is 2. The first-order valence-electron chi connectivity index (χ1n) is 8.01. The van der Waals surface area contributed by atoms with Gasteiger partial charge in [0.1, 0.15) is 0 Å². The van der Waals surface area contributed by atoms with Crippen LogP contribution in [0.3, 0.4) is 0 Å². The number of ether oxygens (including phenoxy) is 2. The fraction of sp³-hybridized carbons (Fsp3) is 0.765. The lowest BCUT2D eigenvalue weighted by Gasteiger charge is -2.18. The lowest BCUT2D eigenvalue weighted by atomic mass is 9.92. The predicted molar refractivity (Wildman–Crippen MR) is 83.0 cm³/mol. The molecule has 126 valence electrons. The molecule has 0 radical (unpaired) electrons. The van der Waals surface area contributed by atoms with E-state index in [1.54, 1.807) is 12.2 Å². The Morgan fingerprint density at radius 3 is 2.32 bits per heavy atom. The minimum absolute atomic E-state index is 0.209. The highest BCUT2D eigenvalue weighted by Crippen LogP contribution is 2.55. The lowest BCUT2D eigenvalue weighted by molar-refractivity contribution is -0.161. The number of aliphatic hydroxyl groups excluding tert-OH is 1. The molecule has 1 saturated carbocycles. The minimum atomic E-state index is -1.22. The summed E-state index contributed by atoms with van der Waals surface area (Å²) in [6, 6.07) is 0. The predicted octanol–water partition coefficient (Wildman–Crippen LogP) is 2.47. The Kier molecular flexibility index (Phi) is 7.07. The summed E-state index contributed by atoms with van der Waals surface area (Å²) in [5, 5.41) is 10.3. The fourth-order valence-corrected chi connectivity index (χ4v) is 2.93. The van der Waals surface area contributed by atoms with Crippen molar-refractivity contribution < 1.29 is 24.2 Å². The highest BCUT2D eigenvalue weighted by molar-refractivity contribution is 6.04. The molecule has 5 heteroatoms. The molecule has 0 aliphatic heterocycles. The SMILES string of the molecule is CCCCC(CC)C(O)C=CC1CC1(C(=O)OC)C(=O)OC. The maximum atomic E-state index is 11.9. The number of aliphatic hydroxyl groups is 1. The average molecular weight is 312 g/mol. The smallest absolute Gasteiger partial charge is 0.323 e. The van der Waals surface area contributed by atoms with Crippen molar-refractivity contribution >= 4 is 11.9 Å². The van der Waals surface area contributed by atoms with Gasteiger partial charge in [-0.05, 0) is 18.8 Å². The number of unbranched alkanes of at least 4 members (excludes halogenated alkanes) is 1. The van der Waals surface area contributed by atoms with E-state index >= 15 is 0 Å². The van der Waals surface area contributed by atoms with Crippen molar-refractivity contribution in [2.24, 2.45) is 17.3 Å². The van der Waals surface area contributed by atoms with Crippen LogP contribution in [0, 0.1) is 17.3 Å². The summed E-state index contributed by atoms with van der Waals surface area (Å²) in [5.74, 6) is -1.19. The first-order chi connectivity index (χ1) is 10.5. The van der Waals surface area contributed by atoms with Gasteiger partial charge in [0.2, 0.25) is 0 Å². The second kappa shape index (κ2) is 8.32. The van der Waals surface area contributed by atoms with Gasteiger partial charge in [-0.3, -0.25) is 9.59 Å². The zero-order valence-electron chi connectivity index (χ0n) is 14.0. The number of hydrogen-bond acceptors (Lipinski definition) is 5. The van der Waals surface area contributed by atoms with E-state index in [0.29, 0.717) is 6.42 Å². The van der Waals surface area contributed by atoms with Crippen LogP contribution in [0.15, 0.2) is 12.2 Å². The van der Waals surface area contributed by atoms with Gasteiger partial charge in [-0.2, -0.15) is 0 Å². The molecule has 0 heterocycles. The lowest BCUT2D eigenvalue weighted by Crippen LogP contribution is -2.30. The third-order valence-electron chi connectivity index (χ3n) is 4.59. The second-order valence-corrected chi connectivity index (χ2v) is 5.95. The topological polar surface area (TPSA) is 72.8 Å². The molecule has 0 aromatic heterocycles. The van der Waals surface area contributed by atoms with Crippen molar-refractivity contribution in [3.63, 3.8) is 0 Å². The van der Waals surface area contributed by atoms with E-state index in [-0.39, 0.29) is 11.8 Å². The first-order valence-corrected chi connectivity index (χ1v) is 8.01. The van der Waals surface area contributed by atoms with E-state index in [0.717, 1.165) is 25.7 Å². The molecule has 5 nitrogen and oxygen atoms in total. The van der Waals surface area contributed by atoms with Crippen molar-refractivity contribution in [2.45, 2.75) is 52.1 Å². The van der Waals surface area contributed by atoms with Gasteiger partial charge in [0, 0.05) is 5.92 Å². The van der Waals surface area contributed by atoms with Crippen LogP contribution in [0.1, 0.15) is 46.0 Å². The van der Waals surface area contributed by atoms with Gasteiger partial charge < -0.3 is 14.6 Å². The van der Waals surface area contributed by atoms with Crippen LogP contribution in [0.4, 0.5) is 0 Å². The Labute approximate surface area is 132 Å². The number of esters is 2. The minimum Gasteiger partial charge on any atom is -0.468 e. The van der Waals surface area contributed by atoms with Crippen molar-refractivity contribution in [1.29, 1.82) is 0 Å². The van der Waals surface area contributed by atoms with Crippen LogP contribution >= 0.6 is 0 Å². The van der Waals surface area contributed by atoms with E-state index < -0.39 is 23.5 Å². The van der Waals surface area contributed by atoms with Gasteiger partial charge in [0.05, 0.1) is 20.3 Å². The van der Waals surface area contributed by atoms with Crippen molar-refractivity contribution in [1.82, 2.24) is 0 Å². The third kappa shape index (κ3) is 3.88. The van der Waals surface area contributed by atoms with Crippen LogP contribution in [0.25, 0.3) is 0 Å². The summed E-state index contributed by atoms with van der Waals surface area (Å²) in [6.45, 7) is 4.18. The van der Waals surface area contributed by atoms with E-state index in [2.05, 4.69) is 13.8 Å². The van der Waals surface area contributed by atoms with Gasteiger partial charge >= 0.3 is 11.9 Å². The molecule has 1 rings (SSSR count). The van der Waals surface area contributed by atoms with Gasteiger partial charge in [0.25, 0.3) is 0 Å². The molecular weight excluding hydrogens is 284 g/mol. The number of hydrogen-bond donors (Lipinski definition) is 1. The zero-order valence-corrected chi connectivity index (χ0v) is 14.0. The normalized spacial score (nSPS) is 22.1. The van der Waals surface area contributed by atoms with E-state index in [4.69, 9.17) is 9.47 Å². The highest BCUT2D eigenvalue weighted by atomic mass is 16.5. The summed E-state index contributed by atoms with van der Waals surface area (Å²) >= 11 is 0. The van der Waals surface area contributed by atoms with Crippen LogP contribution in [0.5, 0.6) is 0 Å². The average Bonchev–Trinajstić information content (AvgIpc) is 3.27. The summed E-state index contributed by atoms with van der Waals surface area (Å²) in [6.07, 6.45) is 7.35. The van der Waals surface area contributed by atoms with Crippen molar-refractivity contribution in [2.75, 3.05) is 14.2 Å². The Bertz CT molecular complexity index is 399. The number of allylic oxidation sites excluding steroid dienone is 1. The monoisotopic (exact) mass is 312 g/mol. The van der Waals surface area contributed by atoms with E-state index in [1.807, 2.05) is 0 Å². The molecule has 3 unspecified atom stereocenters. The first kappa shape index (κ1) is 18.7. The molecule has 22 heavy (non-hydrogen) atoms. The Hall–Kier alpha value is -1.36. The molecule has 0 amide bonds. The van der Waals surface area contributed by atoms with Gasteiger partial charge in [0.15, 0.2) is 5.41 Å². The Morgan fingerprint density at radius 1 is 1.27 bits per heavy atom. The van der Waals surface area contributed by atoms with Gasteiger partial charge in [-0.1, -0.05) is 45.3 Å². The van der Waals surface area contributed by atoms with Gasteiger partial charge in [-0.15, -0.1) is 0 Å². The second-order valence-electron chi connectivity index (χ2n) is 5.95. The van der Waals surface area contributed by atoms with Crippen LogP contribution in [0.2, 0.25) is 0 Å². The van der Waals surface area contributed by atoms with Crippen molar-refractivity contribution in [3.05, 3.63) is 12.2 Å². The number of rotatable bonds is 9. The van der Waals surface area contributed by atoms with E-state index in [1.165, 1.54) is 14.2 Å². The van der Waals surface area contributed by atoms with Crippen molar-refractivity contribution in [3.8, 4) is 0 Å². The summed E-state index contributed by atoms with van der Waals surface area (Å²) in [4.78, 5) is 23.7. The highest BCUT2D eigenvalue weighted by Gasteiger charge is 2.66. The molecule has 0 aromatic carbocycles. The Morgan fingerprint density at radius 2 is 1.86 bits per heavy atom. The summed E-state index contributed by atoms with van der Waals surface area (Å²) in [7, 11) is 2.53. The molecule has 0 spiro atoms. The summed E-state index contributed by atoms with van der Waals surface area (Å²) < 4.78 is 9.45. The number of carbonyl (C=O) groups excluding carboxylic acids is 2. The third-order valence-corrected chi connectivity index (χ3v) is 4.59. The van der Waals surface area contributed by atoms with Crippen LogP contribution in [-0.2, 0) is 19.1 Å². The van der Waals surface area contributed by atoms with E-state index in [9.17, 15) is 14.7 Å². The molecule has 3 atom stereocenters. The molecule has 1 fully saturated rings. The standard InChI is InChI=1S/C17H28O5/c1-5-7-8-12(6-2)14(18)10-9-13-11-17(13,15(19)21-3)16(20)22-4/h9-10,12-14,18H,5-8,11H2,1-4H3. The maximum absolute atomic E-state index is 11.9. The molecule has 1 N–H and O–H groups in total. The zero-order chi connectivity index (χ0) is 16.8. The molecule has 0 aromatic rings. The molecule has 0 bridgehead atoms. The van der Waals surface area contributed by atoms with Crippen LogP contribution in [-0.4, -0.2) is 37.4 Å². The van der Waals surface area contributed by atoms with Gasteiger partial charge in [-0.25, -0.2) is 0 Å². The summed E-state index contributed by atoms with van der Waals surface area (Å²) in [5.41, 5.74) is -1.22. The Balaban J connectivity index is 2.70. The fourth-order valence-electron chi connectivity index (χ4n) is 2.93. The molecule has 1 aliphatic rings. The molecular formula is C17H28O5. The maximum Gasteiger partial charge on any atom is 0.323 e. The quantitative estimate of drug-likeness (QED) is 0.402. The molecule has 0 saturated heterocycles. The largest absolute Gasteiger partial charge is 0.468 e.